The summed E-state index contributed by atoms with van der Waals surface area (Å²) >= 11 is 0. The molecular weight excluding hydrogens is 198 g/mol. The van der Waals surface area contributed by atoms with Crippen LogP contribution in [-0.4, -0.2) is 23.4 Å². The third kappa shape index (κ3) is 2.43. The third-order valence-corrected chi connectivity index (χ3v) is 2.98. The summed E-state index contributed by atoms with van der Waals surface area (Å²) in [4.78, 5) is 14.3. The van der Waals surface area contributed by atoms with Crippen LogP contribution in [0, 0.1) is 6.92 Å². The summed E-state index contributed by atoms with van der Waals surface area (Å²) in [6.45, 7) is 5.04. The highest BCUT2D eigenvalue weighted by molar-refractivity contribution is 5.94. The number of benzene rings is 1. The van der Waals surface area contributed by atoms with Crippen molar-refractivity contribution in [1.29, 1.82) is 0 Å². The number of hydrogen-bond acceptors (Lipinski definition) is 1. The Kier molecular flexibility index (Phi) is 3.28. The quantitative estimate of drug-likeness (QED) is 0.759. The van der Waals surface area contributed by atoms with Gasteiger partial charge in [-0.15, -0.1) is 0 Å². The molecule has 0 spiro atoms. The minimum Gasteiger partial charge on any atom is -0.336 e. The van der Waals surface area contributed by atoms with Crippen LogP contribution in [0.3, 0.4) is 0 Å². The highest BCUT2D eigenvalue weighted by atomic mass is 16.2. The lowest BCUT2D eigenvalue weighted by atomic mass is 10.1. The monoisotopic (exact) mass is 217 g/mol. The van der Waals surface area contributed by atoms with Gasteiger partial charge < -0.3 is 4.90 Å². The molecule has 2 heteroatoms. The molecule has 1 aromatic rings. The van der Waals surface area contributed by atoms with Gasteiger partial charge in [0.25, 0.3) is 5.91 Å². The maximum atomic E-state index is 12.3. The molecule has 0 N–H and O–H groups in total. The number of rotatable bonds is 4. The van der Waals surface area contributed by atoms with E-state index in [9.17, 15) is 4.79 Å². The van der Waals surface area contributed by atoms with Gasteiger partial charge in [-0.25, -0.2) is 0 Å². The van der Waals surface area contributed by atoms with E-state index in [0.29, 0.717) is 6.04 Å². The lowest BCUT2D eigenvalue weighted by Gasteiger charge is -2.21. The predicted molar refractivity (Wildman–Crippen MR) is 65.5 cm³/mol. The number of carbonyl (C=O) groups is 1. The maximum absolute atomic E-state index is 12.3. The van der Waals surface area contributed by atoms with Crippen LogP contribution in [-0.2, 0) is 0 Å². The molecule has 16 heavy (non-hydrogen) atoms. The van der Waals surface area contributed by atoms with Crippen molar-refractivity contribution in [3.05, 3.63) is 35.4 Å². The summed E-state index contributed by atoms with van der Waals surface area (Å²) < 4.78 is 0. The van der Waals surface area contributed by atoms with E-state index >= 15 is 0 Å². The molecule has 0 aliphatic heterocycles. The van der Waals surface area contributed by atoms with Gasteiger partial charge in [0.15, 0.2) is 0 Å². The molecule has 0 radical (unpaired) electrons. The van der Waals surface area contributed by atoms with E-state index in [1.165, 1.54) is 12.8 Å². The Morgan fingerprint density at radius 2 is 2.19 bits per heavy atom. The Labute approximate surface area is 97.3 Å². The van der Waals surface area contributed by atoms with E-state index in [2.05, 4.69) is 6.92 Å². The number of nitrogens with zero attached hydrogens (tertiary/aromatic N) is 1. The molecular formula is C14H19NO. The standard InChI is InChI=1S/C14H19NO/c1-3-9-15(13-7-8-13)14(16)12-6-4-5-11(2)10-12/h4-6,10,13H,3,7-9H2,1-2H3. The first-order valence-electron chi connectivity index (χ1n) is 6.10. The zero-order valence-electron chi connectivity index (χ0n) is 10.1. The molecule has 0 atom stereocenters. The molecule has 0 saturated heterocycles. The van der Waals surface area contributed by atoms with Gasteiger partial charge in [0.1, 0.15) is 0 Å². The molecule has 1 aliphatic carbocycles. The summed E-state index contributed by atoms with van der Waals surface area (Å²) in [5.74, 6) is 0.202. The summed E-state index contributed by atoms with van der Waals surface area (Å²) in [5, 5.41) is 0. The van der Waals surface area contributed by atoms with E-state index in [4.69, 9.17) is 0 Å². The highest BCUT2D eigenvalue weighted by Crippen LogP contribution is 2.28. The van der Waals surface area contributed by atoms with E-state index in [0.717, 1.165) is 24.1 Å². The first kappa shape index (κ1) is 11.2. The van der Waals surface area contributed by atoms with E-state index in [1.807, 2.05) is 36.1 Å². The number of amides is 1. The van der Waals surface area contributed by atoms with E-state index in [-0.39, 0.29) is 5.91 Å². The number of carbonyl (C=O) groups excluding carboxylic acids is 1. The van der Waals surface area contributed by atoms with E-state index < -0.39 is 0 Å². The van der Waals surface area contributed by atoms with Crippen molar-refractivity contribution in [1.82, 2.24) is 4.90 Å². The summed E-state index contributed by atoms with van der Waals surface area (Å²) in [7, 11) is 0. The average Bonchev–Trinajstić information content (AvgIpc) is 3.09. The van der Waals surface area contributed by atoms with Gasteiger partial charge in [0.2, 0.25) is 0 Å². The molecule has 2 rings (SSSR count). The molecule has 86 valence electrons. The minimum atomic E-state index is 0.202. The fourth-order valence-electron chi connectivity index (χ4n) is 2.02. The van der Waals surface area contributed by atoms with Crippen molar-refractivity contribution >= 4 is 5.91 Å². The van der Waals surface area contributed by atoms with Crippen LogP contribution < -0.4 is 0 Å². The molecule has 1 fully saturated rings. The number of hydrogen-bond donors (Lipinski definition) is 0. The van der Waals surface area contributed by atoms with Crippen LogP contribution in [0.15, 0.2) is 24.3 Å². The zero-order valence-corrected chi connectivity index (χ0v) is 10.1. The van der Waals surface area contributed by atoms with Crippen molar-refractivity contribution in [3.8, 4) is 0 Å². The van der Waals surface area contributed by atoms with Gasteiger partial charge in [-0.05, 0) is 38.3 Å². The Hall–Kier alpha value is -1.31. The lowest BCUT2D eigenvalue weighted by Crippen LogP contribution is -2.33. The smallest absolute Gasteiger partial charge is 0.254 e. The van der Waals surface area contributed by atoms with Crippen LogP contribution in [0.5, 0.6) is 0 Å². The molecule has 0 bridgehead atoms. The largest absolute Gasteiger partial charge is 0.336 e. The van der Waals surface area contributed by atoms with Crippen LogP contribution in [0.1, 0.15) is 42.1 Å². The fraction of sp³-hybridized carbons (Fsp3) is 0.500. The van der Waals surface area contributed by atoms with Crippen molar-refractivity contribution in [3.63, 3.8) is 0 Å². The summed E-state index contributed by atoms with van der Waals surface area (Å²) in [5.41, 5.74) is 1.98. The van der Waals surface area contributed by atoms with Gasteiger partial charge in [-0.3, -0.25) is 4.79 Å². The second-order valence-electron chi connectivity index (χ2n) is 4.60. The molecule has 1 amide bonds. The van der Waals surface area contributed by atoms with Crippen LogP contribution in [0.25, 0.3) is 0 Å². The highest BCUT2D eigenvalue weighted by Gasteiger charge is 2.32. The molecule has 0 aromatic heterocycles. The molecule has 0 heterocycles. The Balaban J connectivity index is 2.15. The summed E-state index contributed by atoms with van der Waals surface area (Å²) in [6.07, 6.45) is 3.39. The normalized spacial score (nSPS) is 14.9. The molecule has 2 nitrogen and oxygen atoms in total. The predicted octanol–water partition coefficient (Wildman–Crippen LogP) is 3.01. The second-order valence-corrected chi connectivity index (χ2v) is 4.60. The molecule has 1 aliphatic rings. The van der Waals surface area contributed by atoms with Gasteiger partial charge in [-0.1, -0.05) is 24.6 Å². The van der Waals surface area contributed by atoms with Gasteiger partial charge >= 0.3 is 0 Å². The van der Waals surface area contributed by atoms with E-state index in [1.54, 1.807) is 0 Å². The van der Waals surface area contributed by atoms with Crippen LogP contribution in [0.4, 0.5) is 0 Å². The third-order valence-electron chi connectivity index (χ3n) is 2.98. The zero-order chi connectivity index (χ0) is 11.5. The number of aryl methyl sites for hydroxylation is 1. The average molecular weight is 217 g/mol. The van der Waals surface area contributed by atoms with Crippen LogP contribution in [0.2, 0.25) is 0 Å². The molecule has 0 unspecified atom stereocenters. The topological polar surface area (TPSA) is 20.3 Å². The molecule has 1 aromatic carbocycles. The van der Waals surface area contributed by atoms with Crippen molar-refractivity contribution in [2.24, 2.45) is 0 Å². The SMILES string of the molecule is CCCN(C(=O)c1cccc(C)c1)C1CC1. The Bertz CT molecular complexity index is 382. The van der Waals surface area contributed by atoms with Crippen molar-refractivity contribution in [2.45, 2.75) is 39.2 Å². The molecule has 1 saturated carbocycles. The lowest BCUT2D eigenvalue weighted by molar-refractivity contribution is 0.0743. The first-order valence-corrected chi connectivity index (χ1v) is 6.10. The van der Waals surface area contributed by atoms with Crippen LogP contribution >= 0.6 is 0 Å². The van der Waals surface area contributed by atoms with Gasteiger partial charge in [-0.2, -0.15) is 0 Å². The van der Waals surface area contributed by atoms with Crippen molar-refractivity contribution < 1.29 is 4.79 Å². The van der Waals surface area contributed by atoms with Gasteiger partial charge in [0, 0.05) is 18.2 Å². The van der Waals surface area contributed by atoms with Gasteiger partial charge in [0.05, 0.1) is 0 Å². The fourth-order valence-corrected chi connectivity index (χ4v) is 2.02. The second kappa shape index (κ2) is 4.69. The Morgan fingerprint density at radius 3 is 2.75 bits per heavy atom. The summed E-state index contributed by atoms with van der Waals surface area (Å²) in [6, 6.07) is 8.39. The Morgan fingerprint density at radius 1 is 1.44 bits per heavy atom. The first-order chi connectivity index (χ1) is 7.72. The maximum Gasteiger partial charge on any atom is 0.254 e. The van der Waals surface area contributed by atoms with Crippen molar-refractivity contribution in [2.75, 3.05) is 6.54 Å². The minimum absolute atomic E-state index is 0.202.